The SMILES string of the molecule is CCCCC(CCC)NCC(O)COCc1cccs1. The minimum absolute atomic E-state index is 0.400. The lowest BCUT2D eigenvalue weighted by atomic mass is 10.1. The van der Waals surface area contributed by atoms with E-state index in [0.29, 0.717) is 25.8 Å². The van der Waals surface area contributed by atoms with Crippen LogP contribution in [0, 0.1) is 0 Å². The van der Waals surface area contributed by atoms with Crippen LogP contribution in [0.2, 0.25) is 0 Å². The number of thiophene rings is 1. The molecule has 2 unspecified atom stereocenters. The van der Waals surface area contributed by atoms with Gasteiger partial charge in [-0.15, -0.1) is 11.3 Å². The van der Waals surface area contributed by atoms with Crippen molar-refractivity contribution in [2.24, 2.45) is 0 Å². The van der Waals surface area contributed by atoms with E-state index < -0.39 is 6.10 Å². The number of unbranched alkanes of at least 4 members (excludes halogenated alkanes) is 1. The molecule has 3 nitrogen and oxygen atoms in total. The van der Waals surface area contributed by atoms with Crippen LogP contribution >= 0.6 is 11.3 Å². The van der Waals surface area contributed by atoms with Crippen LogP contribution < -0.4 is 5.32 Å². The van der Waals surface area contributed by atoms with Gasteiger partial charge in [-0.25, -0.2) is 0 Å². The zero-order valence-corrected chi connectivity index (χ0v) is 13.6. The fourth-order valence-corrected chi connectivity index (χ4v) is 2.84. The average molecular weight is 299 g/mol. The standard InChI is InChI=1S/C16H29NO2S/c1-3-5-8-14(7-4-2)17-11-15(18)12-19-13-16-9-6-10-20-16/h6,9-10,14-15,17-18H,3-5,7-8,11-13H2,1-2H3. The van der Waals surface area contributed by atoms with Crippen LogP contribution in [0.3, 0.4) is 0 Å². The van der Waals surface area contributed by atoms with E-state index in [1.165, 1.54) is 37.0 Å². The zero-order valence-electron chi connectivity index (χ0n) is 12.8. The summed E-state index contributed by atoms with van der Waals surface area (Å²) in [6.07, 6.45) is 5.63. The molecule has 0 amide bonds. The van der Waals surface area contributed by atoms with Crippen LogP contribution in [0.1, 0.15) is 50.8 Å². The van der Waals surface area contributed by atoms with E-state index in [9.17, 15) is 5.11 Å². The van der Waals surface area contributed by atoms with Crippen molar-refractivity contribution >= 4 is 11.3 Å². The number of nitrogens with one attached hydrogen (secondary N) is 1. The number of aliphatic hydroxyl groups excluding tert-OH is 1. The fraction of sp³-hybridized carbons (Fsp3) is 0.750. The Morgan fingerprint density at radius 2 is 2.15 bits per heavy atom. The first-order valence-electron chi connectivity index (χ1n) is 7.77. The molecule has 20 heavy (non-hydrogen) atoms. The van der Waals surface area contributed by atoms with Crippen molar-refractivity contribution in [3.05, 3.63) is 22.4 Å². The molecule has 2 atom stereocenters. The third-order valence-corrected chi connectivity index (χ3v) is 4.17. The maximum absolute atomic E-state index is 9.94. The Morgan fingerprint density at radius 1 is 1.30 bits per heavy atom. The lowest BCUT2D eigenvalue weighted by molar-refractivity contribution is 0.0283. The Labute approximate surface area is 127 Å². The summed E-state index contributed by atoms with van der Waals surface area (Å²) in [6.45, 7) is 6.05. The zero-order chi connectivity index (χ0) is 14.6. The Balaban J connectivity index is 2.11. The van der Waals surface area contributed by atoms with Crippen molar-refractivity contribution in [3.63, 3.8) is 0 Å². The van der Waals surface area contributed by atoms with Crippen molar-refractivity contribution in [1.29, 1.82) is 0 Å². The van der Waals surface area contributed by atoms with Crippen LogP contribution in [0.25, 0.3) is 0 Å². The number of aliphatic hydroxyl groups is 1. The van der Waals surface area contributed by atoms with Gasteiger partial charge in [0.2, 0.25) is 0 Å². The number of hydrogen-bond acceptors (Lipinski definition) is 4. The summed E-state index contributed by atoms with van der Waals surface area (Å²) in [4.78, 5) is 1.21. The third kappa shape index (κ3) is 8.00. The number of hydrogen-bond donors (Lipinski definition) is 2. The maximum Gasteiger partial charge on any atom is 0.0897 e. The molecular formula is C16H29NO2S. The molecule has 1 rings (SSSR count). The molecule has 1 aromatic rings. The normalized spacial score (nSPS) is 14.3. The molecule has 0 bridgehead atoms. The van der Waals surface area contributed by atoms with E-state index in [4.69, 9.17) is 4.74 Å². The van der Waals surface area contributed by atoms with Gasteiger partial charge in [0, 0.05) is 17.5 Å². The fourth-order valence-electron chi connectivity index (χ4n) is 2.20. The summed E-state index contributed by atoms with van der Waals surface area (Å²) in [5.41, 5.74) is 0. The molecule has 0 saturated heterocycles. The quantitative estimate of drug-likeness (QED) is 0.620. The third-order valence-electron chi connectivity index (χ3n) is 3.32. The summed E-state index contributed by atoms with van der Waals surface area (Å²) in [6, 6.07) is 4.61. The van der Waals surface area contributed by atoms with Crippen LogP contribution in [0.5, 0.6) is 0 Å². The molecule has 0 fully saturated rings. The summed E-state index contributed by atoms with van der Waals surface area (Å²) >= 11 is 1.69. The van der Waals surface area contributed by atoms with Crippen LogP contribution in [-0.2, 0) is 11.3 Å². The first-order valence-corrected chi connectivity index (χ1v) is 8.65. The highest BCUT2D eigenvalue weighted by Crippen LogP contribution is 2.10. The van der Waals surface area contributed by atoms with Crippen LogP contribution in [0.4, 0.5) is 0 Å². The summed E-state index contributed by atoms with van der Waals surface area (Å²) < 4.78 is 5.53. The second kappa shape index (κ2) is 11.3. The van der Waals surface area contributed by atoms with E-state index in [1.807, 2.05) is 11.4 Å². The molecule has 1 heterocycles. The molecule has 0 aliphatic carbocycles. The molecule has 4 heteroatoms. The first-order chi connectivity index (χ1) is 9.76. The Bertz CT molecular complexity index is 316. The maximum atomic E-state index is 9.94. The van der Waals surface area contributed by atoms with Gasteiger partial charge in [-0.05, 0) is 24.3 Å². The molecule has 1 aromatic heterocycles. The minimum Gasteiger partial charge on any atom is -0.389 e. The highest BCUT2D eigenvalue weighted by Gasteiger charge is 2.10. The van der Waals surface area contributed by atoms with E-state index in [2.05, 4.69) is 25.2 Å². The molecule has 0 radical (unpaired) electrons. The molecule has 0 aliphatic heterocycles. The van der Waals surface area contributed by atoms with Gasteiger partial charge in [0.1, 0.15) is 0 Å². The van der Waals surface area contributed by atoms with E-state index in [1.54, 1.807) is 11.3 Å². The average Bonchev–Trinajstić information content (AvgIpc) is 2.95. The Hall–Kier alpha value is -0.420. The molecule has 0 aliphatic rings. The monoisotopic (exact) mass is 299 g/mol. The summed E-state index contributed by atoms with van der Waals surface area (Å²) in [7, 11) is 0. The number of rotatable bonds is 12. The van der Waals surface area contributed by atoms with Gasteiger partial charge in [0.15, 0.2) is 0 Å². The predicted octanol–water partition coefficient (Wildman–Crippen LogP) is 3.57. The highest BCUT2D eigenvalue weighted by atomic mass is 32.1. The van der Waals surface area contributed by atoms with Crippen molar-refractivity contribution in [1.82, 2.24) is 5.32 Å². The molecule has 0 saturated carbocycles. The highest BCUT2D eigenvalue weighted by molar-refractivity contribution is 7.09. The van der Waals surface area contributed by atoms with Crippen molar-refractivity contribution in [2.45, 2.75) is 64.7 Å². The topological polar surface area (TPSA) is 41.5 Å². The van der Waals surface area contributed by atoms with Gasteiger partial charge in [-0.1, -0.05) is 39.2 Å². The second-order valence-corrected chi connectivity index (χ2v) is 6.32. The van der Waals surface area contributed by atoms with Crippen molar-refractivity contribution < 1.29 is 9.84 Å². The lowest BCUT2D eigenvalue weighted by Crippen LogP contribution is -2.37. The van der Waals surface area contributed by atoms with Crippen LogP contribution in [-0.4, -0.2) is 30.4 Å². The van der Waals surface area contributed by atoms with Crippen molar-refractivity contribution in [3.8, 4) is 0 Å². The summed E-state index contributed by atoms with van der Waals surface area (Å²) in [5, 5.41) is 15.4. The van der Waals surface area contributed by atoms with Gasteiger partial charge in [-0.3, -0.25) is 0 Å². The largest absolute Gasteiger partial charge is 0.389 e. The van der Waals surface area contributed by atoms with Gasteiger partial charge in [0.05, 0.1) is 19.3 Å². The van der Waals surface area contributed by atoms with Crippen molar-refractivity contribution in [2.75, 3.05) is 13.2 Å². The predicted molar refractivity (Wildman–Crippen MR) is 86.2 cm³/mol. The minimum atomic E-state index is -0.420. The van der Waals surface area contributed by atoms with E-state index in [-0.39, 0.29) is 0 Å². The molecule has 0 aromatic carbocycles. The van der Waals surface area contributed by atoms with E-state index in [0.717, 1.165) is 0 Å². The Kier molecular flexibility index (Phi) is 9.93. The summed E-state index contributed by atoms with van der Waals surface area (Å²) in [5.74, 6) is 0. The van der Waals surface area contributed by atoms with Gasteiger partial charge >= 0.3 is 0 Å². The molecule has 116 valence electrons. The first kappa shape index (κ1) is 17.6. The molecule has 2 N–H and O–H groups in total. The smallest absolute Gasteiger partial charge is 0.0897 e. The lowest BCUT2D eigenvalue weighted by Gasteiger charge is -2.20. The Morgan fingerprint density at radius 3 is 2.80 bits per heavy atom. The number of ether oxygens (including phenoxy) is 1. The molecular weight excluding hydrogens is 270 g/mol. The van der Waals surface area contributed by atoms with Gasteiger partial charge in [0.25, 0.3) is 0 Å². The van der Waals surface area contributed by atoms with Gasteiger partial charge in [-0.2, -0.15) is 0 Å². The van der Waals surface area contributed by atoms with Crippen LogP contribution in [0.15, 0.2) is 17.5 Å². The molecule has 0 spiro atoms. The van der Waals surface area contributed by atoms with E-state index >= 15 is 0 Å². The van der Waals surface area contributed by atoms with Gasteiger partial charge < -0.3 is 15.2 Å². The second-order valence-electron chi connectivity index (χ2n) is 5.28.